The summed E-state index contributed by atoms with van der Waals surface area (Å²) >= 11 is 0. The van der Waals surface area contributed by atoms with E-state index in [2.05, 4.69) is 22.0 Å². The first-order valence-electron chi connectivity index (χ1n) is 8.55. The van der Waals surface area contributed by atoms with E-state index in [1.807, 2.05) is 55.5 Å². The van der Waals surface area contributed by atoms with Crippen LogP contribution < -0.4 is 16.0 Å². The van der Waals surface area contributed by atoms with Crippen LogP contribution in [0.3, 0.4) is 0 Å². The zero-order valence-corrected chi connectivity index (χ0v) is 14.3. The molecule has 0 aliphatic carbocycles. The number of carbonyl (C=O) groups is 2. The van der Waals surface area contributed by atoms with Crippen molar-refractivity contribution in [3.8, 4) is 0 Å². The predicted octanol–water partition coefficient (Wildman–Crippen LogP) is 1.69. The van der Waals surface area contributed by atoms with Crippen molar-refractivity contribution in [1.29, 1.82) is 0 Å². The van der Waals surface area contributed by atoms with E-state index in [4.69, 9.17) is 0 Å². The Morgan fingerprint density at radius 2 is 1.76 bits per heavy atom. The molecule has 2 amide bonds. The largest absolute Gasteiger partial charge is 0.348 e. The molecule has 0 saturated carbocycles. The molecule has 0 spiro atoms. The van der Waals surface area contributed by atoms with Crippen LogP contribution in [0.4, 0.5) is 0 Å². The number of rotatable bonds is 5. The van der Waals surface area contributed by atoms with Crippen molar-refractivity contribution in [2.45, 2.75) is 32.0 Å². The van der Waals surface area contributed by atoms with Crippen molar-refractivity contribution in [3.63, 3.8) is 0 Å². The summed E-state index contributed by atoms with van der Waals surface area (Å²) in [6.45, 7) is 2.58. The van der Waals surface area contributed by atoms with Crippen molar-refractivity contribution in [2.24, 2.45) is 0 Å². The Morgan fingerprint density at radius 3 is 2.52 bits per heavy atom. The van der Waals surface area contributed by atoms with Crippen molar-refractivity contribution in [2.75, 3.05) is 6.54 Å². The summed E-state index contributed by atoms with van der Waals surface area (Å²) in [4.78, 5) is 24.4. The van der Waals surface area contributed by atoms with E-state index in [1.165, 1.54) is 11.1 Å². The minimum absolute atomic E-state index is 0.0180. The molecule has 2 aromatic rings. The Hall–Kier alpha value is -2.66. The van der Waals surface area contributed by atoms with Gasteiger partial charge in [-0.05, 0) is 30.0 Å². The summed E-state index contributed by atoms with van der Waals surface area (Å²) in [6, 6.07) is 17.4. The minimum Gasteiger partial charge on any atom is -0.348 e. The van der Waals surface area contributed by atoms with Gasteiger partial charge in [0.2, 0.25) is 11.8 Å². The molecule has 2 atom stereocenters. The fourth-order valence-electron chi connectivity index (χ4n) is 3.05. The molecule has 3 N–H and O–H groups in total. The summed E-state index contributed by atoms with van der Waals surface area (Å²) in [7, 11) is 0. The Morgan fingerprint density at radius 1 is 1.08 bits per heavy atom. The molecule has 5 heteroatoms. The van der Waals surface area contributed by atoms with Gasteiger partial charge in [0, 0.05) is 6.54 Å². The van der Waals surface area contributed by atoms with Gasteiger partial charge in [-0.1, -0.05) is 54.6 Å². The molecule has 0 radical (unpaired) electrons. The highest BCUT2D eigenvalue weighted by atomic mass is 16.2. The van der Waals surface area contributed by atoms with Gasteiger partial charge in [-0.25, -0.2) is 0 Å². The van der Waals surface area contributed by atoms with Gasteiger partial charge in [-0.2, -0.15) is 0 Å². The first-order valence-corrected chi connectivity index (χ1v) is 8.55. The molecule has 2 aromatic carbocycles. The molecule has 0 bridgehead atoms. The Kier molecular flexibility index (Phi) is 5.46. The van der Waals surface area contributed by atoms with E-state index in [0.717, 1.165) is 5.56 Å². The van der Waals surface area contributed by atoms with Crippen LogP contribution >= 0.6 is 0 Å². The topological polar surface area (TPSA) is 70.2 Å². The van der Waals surface area contributed by atoms with E-state index in [9.17, 15) is 9.59 Å². The highest BCUT2D eigenvalue weighted by Gasteiger charge is 2.24. The van der Waals surface area contributed by atoms with Crippen LogP contribution in [0.2, 0.25) is 0 Å². The molecule has 1 aliphatic heterocycles. The Labute approximate surface area is 147 Å². The monoisotopic (exact) mass is 337 g/mol. The lowest BCUT2D eigenvalue weighted by Crippen LogP contribution is -2.49. The number of hydrogen-bond acceptors (Lipinski definition) is 3. The molecule has 0 saturated heterocycles. The van der Waals surface area contributed by atoms with Gasteiger partial charge in [0.05, 0.1) is 18.6 Å². The summed E-state index contributed by atoms with van der Waals surface area (Å²) in [5.41, 5.74) is 3.44. The fraction of sp³-hybridized carbons (Fsp3) is 0.300. The third-order valence-electron chi connectivity index (χ3n) is 4.50. The van der Waals surface area contributed by atoms with Crippen LogP contribution in [0.15, 0.2) is 54.6 Å². The van der Waals surface area contributed by atoms with Gasteiger partial charge in [0.1, 0.15) is 0 Å². The van der Waals surface area contributed by atoms with Gasteiger partial charge in [0.25, 0.3) is 0 Å². The number of carbonyl (C=O) groups excluding carboxylic acids is 2. The number of nitrogens with one attached hydrogen (secondary N) is 3. The zero-order valence-electron chi connectivity index (χ0n) is 14.3. The number of benzene rings is 2. The lowest BCUT2D eigenvalue weighted by atomic mass is 9.95. The van der Waals surface area contributed by atoms with Crippen molar-refractivity contribution < 1.29 is 9.59 Å². The van der Waals surface area contributed by atoms with E-state index in [0.29, 0.717) is 13.0 Å². The summed E-state index contributed by atoms with van der Waals surface area (Å²) < 4.78 is 0. The Bertz CT molecular complexity index is 746. The van der Waals surface area contributed by atoms with Gasteiger partial charge in [-0.3, -0.25) is 9.59 Å². The molecular formula is C20H23N3O2. The molecule has 1 heterocycles. The zero-order chi connectivity index (χ0) is 17.6. The van der Waals surface area contributed by atoms with Crippen molar-refractivity contribution >= 4 is 11.8 Å². The minimum atomic E-state index is -0.297. The lowest BCUT2D eigenvalue weighted by molar-refractivity contribution is -0.127. The number of fused-ring (bicyclic) bond motifs is 1. The second-order valence-electron chi connectivity index (χ2n) is 6.32. The van der Waals surface area contributed by atoms with E-state index < -0.39 is 0 Å². The highest BCUT2D eigenvalue weighted by Crippen LogP contribution is 2.16. The van der Waals surface area contributed by atoms with Crippen LogP contribution in [0.5, 0.6) is 0 Å². The van der Waals surface area contributed by atoms with E-state index >= 15 is 0 Å². The lowest BCUT2D eigenvalue weighted by Gasteiger charge is -2.25. The van der Waals surface area contributed by atoms with Crippen LogP contribution in [0, 0.1) is 0 Å². The number of hydrogen-bond donors (Lipinski definition) is 3. The molecule has 0 unspecified atom stereocenters. The van der Waals surface area contributed by atoms with Crippen LogP contribution in [0.25, 0.3) is 0 Å². The van der Waals surface area contributed by atoms with Crippen molar-refractivity contribution in [3.05, 3.63) is 71.3 Å². The van der Waals surface area contributed by atoms with Gasteiger partial charge < -0.3 is 16.0 Å². The summed E-state index contributed by atoms with van der Waals surface area (Å²) in [5, 5.41) is 8.84. The summed E-state index contributed by atoms with van der Waals surface area (Å²) in [5.74, 6) is -0.335. The third-order valence-corrected chi connectivity index (χ3v) is 4.50. The first kappa shape index (κ1) is 17.2. The fourth-order valence-corrected chi connectivity index (χ4v) is 3.05. The van der Waals surface area contributed by atoms with Gasteiger partial charge in [0.15, 0.2) is 0 Å². The molecule has 0 aromatic heterocycles. The smallest absolute Gasteiger partial charge is 0.239 e. The van der Waals surface area contributed by atoms with Gasteiger partial charge in [-0.15, -0.1) is 0 Å². The Balaban J connectivity index is 1.47. The first-order chi connectivity index (χ1) is 12.1. The third kappa shape index (κ3) is 4.45. The molecule has 3 rings (SSSR count). The maximum absolute atomic E-state index is 12.3. The molecule has 130 valence electrons. The second-order valence-corrected chi connectivity index (χ2v) is 6.32. The molecule has 1 aliphatic rings. The second kappa shape index (κ2) is 7.94. The molecular weight excluding hydrogens is 314 g/mol. The summed E-state index contributed by atoms with van der Waals surface area (Å²) in [6.07, 6.45) is 0.643. The van der Waals surface area contributed by atoms with E-state index in [1.54, 1.807) is 0 Å². The number of amides is 2. The van der Waals surface area contributed by atoms with Gasteiger partial charge >= 0.3 is 0 Å². The van der Waals surface area contributed by atoms with Crippen LogP contribution in [0.1, 0.15) is 29.7 Å². The molecule has 5 nitrogen and oxygen atoms in total. The predicted molar refractivity (Wildman–Crippen MR) is 96.8 cm³/mol. The normalized spacial score (nSPS) is 17.2. The highest BCUT2D eigenvalue weighted by molar-refractivity contribution is 5.88. The maximum atomic E-state index is 12.3. The molecule has 0 fully saturated rings. The SMILES string of the molecule is C[C@H](NC(=O)CNC(=O)[C@@H]1Cc2ccccc2CN1)c1ccccc1. The maximum Gasteiger partial charge on any atom is 0.239 e. The van der Waals surface area contributed by atoms with Crippen molar-refractivity contribution in [1.82, 2.24) is 16.0 Å². The molecule has 25 heavy (non-hydrogen) atoms. The van der Waals surface area contributed by atoms with Crippen LogP contribution in [-0.4, -0.2) is 24.4 Å². The van der Waals surface area contributed by atoms with Crippen LogP contribution in [-0.2, 0) is 22.6 Å². The average molecular weight is 337 g/mol. The quantitative estimate of drug-likeness (QED) is 0.778. The standard InChI is InChI=1S/C20H23N3O2/c1-14(15-7-3-2-4-8-15)23-19(24)13-22-20(25)18-11-16-9-5-6-10-17(16)12-21-18/h2-10,14,18,21H,11-13H2,1H3,(H,22,25)(H,23,24)/t14-,18-/m0/s1. The average Bonchev–Trinajstić information content (AvgIpc) is 2.66. The van der Waals surface area contributed by atoms with E-state index in [-0.39, 0.29) is 30.4 Å².